The first-order chi connectivity index (χ1) is 6.96. The molecule has 0 fully saturated rings. The zero-order valence-corrected chi connectivity index (χ0v) is 10.0. The van der Waals surface area contributed by atoms with Crippen molar-refractivity contribution < 1.29 is 4.74 Å². The average Bonchev–Trinajstić information content (AvgIpc) is 2.61. The Kier molecular flexibility index (Phi) is 3.88. The third-order valence-corrected chi connectivity index (χ3v) is 2.36. The van der Waals surface area contributed by atoms with Gasteiger partial charge in [-0.15, -0.1) is 0 Å². The lowest BCUT2D eigenvalue weighted by Crippen LogP contribution is -2.32. The molecule has 0 spiro atoms. The molecule has 86 valence electrons. The number of nitrogens with two attached hydrogens (primary N) is 1. The molecule has 1 atom stereocenters. The van der Waals surface area contributed by atoms with Crippen LogP contribution in [-0.4, -0.2) is 22.8 Å². The van der Waals surface area contributed by atoms with Gasteiger partial charge in [0.2, 0.25) is 0 Å². The van der Waals surface area contributed by atoms with Crippen LogP contribution in [0.25, 0.3) is 0 Å². The van der Waals surface area contributed by atoms with E-state index in [1.165, 1.54) is 0 Å². The fourth-order valence-corrected chi connectivity index (χ4v) is 1.52. The fourth-order valence-electron chi connectivity index (χ4n) is 1.52. The van der Waals surface area contributed by atoms with Crippen LogP contribution in [0.1, 0.15) is 39.4 Å². The van der Waals surface area contributed by atoms with Crippen LogP contribution in [0.4, 0.5) is 0 Å². The first-order valence-corrected chi connectivity index (χ1v) is 5.35. The van der Waals surface area contributed by atoms with Gasteiger partial charge in [-0.3, -0.25) is 0 Å². The smallest absolute Gasteiger partial charge is 0.0952 e. The molecule has 1 rings (SSSR count). The summed E-state index contributed by atoms with van der Waals surface area (Å²) in [5, 5.41) is 0. The standard InChI is InChI=1S/C11H21N3O/c1-5-15-7-9(2)14-8-13-6-10(14)11(3,4)12/h6,8-9H,5,7,12H2,1-4H3. The molecule has 0 saturated heterocycles. The minimum absolute atomic E-state index is 0.269. The maximum absolute atomic E-state index is 6.07. The van der Waals surface area contributed by atoms with Crippen molar-refractivity contribution in [1.82, 2.24) is 9.55 Å². The number of imidazole rings is 1. The zero-order valence-electron chi connectivity index (χ0n) is 10.0. The molecule has 4 nitrogen and oxygen atoms in total. The Morgan fingerprint density at radius 2 is 2.27 bits per heavy atom. The second-order valence-corrected chi connectivity index (χ2v) is 4.42. The maximum atomic E-state index is 6.07. The summed E-state index contributed by atoms with van der Waals surface area (Å²) >= 11 is 0. The van der Waals surface area contributed by atoms with Crippen molar-refractivity contribution in [1.29, 1.82) is 0 Å². The molecule has 4 heteroatoms. The van der Waals surface area contributed by atoms with Crippen molar-refractivity contribution in [2.75, 3.05) is 13.2 Å². The van der Waals surface area contributed by atoms with E-state index in [9.17, 15) is 0 Å². The molecule has 0 radical (unpaired) electrons. The van der Waals surface area contributed by atoms with Crippen molar-refractivity contribution in [3.8, 4) is 0 Å². The Morgan fingerprint density at radius 3 is 2.80 bits per heavy atom. The van der Waals surface area contributed by atoms with Crippen LogP contribution < -0.4 is 5.73 Å². The number of aromatic nitrogens is 2. The molecule has 0 aromatic carbocycles. The van der Waals surface area contributed by atoms with Gasteiger partial charge >= 0.3 is 0 Å². The second-order valence-electron chi connectivity index (χ2n) is 4.42. The predicted octanol–water partition coefficient (Wildman–Crippen LogP) is 1.67. The lowest BCUT2D eigenvalue weighted by atomic mass is 10.0. The molecule has 1 heterocycles. The van der Waals surface area contributed by atoms with E-state index >= 15 is 0 Å². The lowest BCUT2D eigenvalue weighted by molar-refractivity contribution is 0.117. The molecule has 15 heavy (non-hydrogen) atoms. The fraction of sp³-hybridized carbons (Fsp3) is 0.727. The summed E-state index contributed by atoms with van der Waals surface area (Å²) in [6.45, 7) is 9.49. The average molecular weight is 211 g/mol. The minimum Gasteiger partial charge on any atom is -0.380 e. The van der Waals surface area contributed by atoms with Gasteiger partial charge in [0, 0.05) is 12.8 Å². The Balaban J connectivity index is 2.81. The molecule has 0 saturated carbocycles. The number of hydrogen-bond donors (Lipinski definition) is 1. The molecule has 1 aromatic rings. The van der Waals surface area contributed by atoms with Crippen LogP contribution in [0.5, 0.6) is 0 Å². The minimum atomic E-state index is -0.364. The second kappa shape index (κ2) is 4.77. The lowest BCUT2D eigenvalue weighted by Gasteiger charge is -2.24. The normalized spacial score (nSPS) is 14.2. The first-order valence-electron chi connectivity index (χ1n) is 5.35. The van der Waals surface area contributed by atoms with Gasteiger partial charge in [-0.2, -0.15) is 0 Å². The highest BCUT2D eigenvalue weighted by atomic mass is 16.5. The highest BCUT2D eigenvalue weighted by Gasteiger charge is 2.21. The zero-order chi connectivity index (χ0) is 11.5. The van der Waals surface area contributed by atoms with Gasteiger partial charge in [0.25, 0.3) is 0 Å². The summed E-state index contributed by atoms with van der Waals surface area (Å²) in [6.07, 6.45) is 3.63. The molecule has 0 aliphatic heterocycles. The van der Waals surface area contributed by atoms with Crippen LogP contribution in [0.15, 0.2) is 12.5 Å². The topological polar surface area (TPSA) is 53.1 Å². The Morgan fingerprint density at radius 1 is 1.60 bits per heavy atom. The van der Waals surface area contributed by atoms with E-state index in [-0.39, 0.29) is 11.6 Å². The highest BCUT2D eigenvalue weighted by Crippen LogP contribution is 2.20. The van der Waals surface area contributed by atoms with E-state index in [1.54, 1.807) is 0 Å². The van der Waals surface area contributed by atoms with Crippen LogP contribution in [-0.2, 0) is 10.3 Å². The summed E-state index contributed by atoms with van der Waals surface area (Å²) in [5.74, 6) is 0. The van der Waals surface area contributed by atoms with Crippen molar-refractivity contribution >= 4 is 0 Å². The van der Waals surface area contributed by atoms with Gasteiger partial charge in [0.1, 0.15) is 0 Å². The van der Waals surface area contributed by atoms with Gasteiger partial charge in [-0.1, -0.05) is 0 Å². The number of nitrogens with zero attached hydrogens (tertiary/aromatic N) is 2. The summed E-state index contributed by atoms with van der Waals surface area (Å²) in [7, 11) is 0. The van der Waals surface area contributed by atoms with Crippen LogP contribution in [0.2, 0.25) is 0 Å². The first kappa shape index (κ1) is 12.2. The van der Waals surface area contributed by atoms with Gasteiger partial charge in [0.15, 0.2) is 0 Å². The van der Waals surface area contributed by atoms with Crippen molar-refractivity contribution in [3.05, 3.63) is 18.2 Å². The molecular weight excluding hydrogens is 190 g/mol. The number of rotatable bonds is 5. The Hall–Kier alpha value is -0.870. The molecular formula is C11H21N3O. The molecule has 1 aromatic heterocycles. The monoisotopic (exact) mass is 211 g/mol. The number of ether oxygens (including phenoxy) is 1. The van der Waals surface area contributed by atoms with Crippen LogP contribution in [0.3, 0.4) is 0 Å². The highest BCUT2D eigenvalue weighted by molar-refractivity contribution is 5.10. The third-order valence-electron chi connectivity index (χ3n) is 2.36. The van der Waals surface area contributed by atoms with E-state index < -0.39 is 0 Å². The van der Waals surface area contributed by atoms with Gasteiger partial charge in [0.05, 0.1) is 30.2 Å². The van der Waals surface area contributed by atoms with Crippen molar-refractivity contribution in [3.63, 3.8) is 0 Å². The van der Waals surface area contributed by atoms with E-state index in [0.29, 0.717) is 6.61 Å². The molecule has 2 N–H and O–H groups in total. The molecule has 0 aliphatic rings. The predicted molar refractivity (Wildman–Crippen MR) is 60.6 cm³/mol. The van der Waals surface area contributed by atoms with E-state index in [2.05, 4.69) is 16.5 Å². The maximum Gasteiger partial charge on any atom is 0.0952 e. The summed E-state index contributed by atoms with van der Waals surface area (Å²) in [4.78, 5) is 4.15. The molecule has 1 unspecified atom stereocenters. The van der Waals surface area contributed by atoms with Crippen molar-refractivity contribution in [2.24, 2.45) is 5.73 Å². The molecule has 0 aliphatic carbocycles. The van der Waals surface area contributed by atoms with Crippen molar-refractivity contribution in [2.45, 2.75) is 39.3 Å². The van der Waals surface area contributed by atoms with Gasteiger partial charge < -0.3 is 15.0 Å². The van der Waals surface area contributed by atoms with Gasteiger partial charge in [-0.05, 0) is 27.7 Å². The summed E-state index contributed by atoms with van der Waals surface area (Å²) in [5.41, 5.74) is 6.74. The Bertz CT molecular complexity index is 301. The quantitative estimate of drug-likeness (QED) is 0.806. The number of hydrogen-bond acceptors (Lipinski definition) is 3. The van der Waals surface area contributed by atoms with Crippen LogP contribution in [0, 0.1) is 0 Å². The van der Waals surface area contributed by atoms with E-state index in [0.717, 1.165) is 12.3 Å². The molecule has 0 bridgehead atoms. The summed E-state index contributed by atoms with van der Waals surface area (Å²) < 4.78 is 7.48. The third kappa shape index (κ3) is 3.04. The largest absolute Gasteiger partial charge is 0.380 e. The molecule has 0 amide bonds. The SMILES string of the molecule is CCOCC(C)n1cncc1C(C)(C)N. The van der Waals surface area contributed by atoms with Crippen LogP contribution >= 0.6 is 0 Å². The van der Waals surface area contributed by atoms with E-state index in [1.807, 2.05) is 33.3 Å². The Labute approximate surface area is 91.4 Å². The van der Waals surface area contributed by atoms with E-state index in [4.69, 9.17) is 10.5 Å². The summed E-state index contributed by atoms with van der Waals surface area (Å²) in [6, 6.07) is 0.269. The van der Waals surface area contributed by atoms with Gasteiger partial charge in [-0.25, -0.2) is 4.98 Å².